The summed E-state index contributed by atoms with van der Waals surface area (Å²) in [6.45, 7) is 0.778. The summed E-state index contributed by atoms with van der Waals surface area (Å²) < 4.78 is 0. The van der Waals surface area contributed by atoms with Crippen LogP contribution < -0.4 is 11.1 Å². The van der Waals surface area contributed by atoms with E-state index in [0.29, 0.717) is 16.7 Å². The molecule has 2 amide bonds. The van der Waals surface area contributed by atoms with Gasteiger partial charge in [-0.1, -0.05) is 72.8 Å². The van der Waals surface area contributed by atoms with E-state index in [1.807, 2.05) is 67.5 Å². The number of nitrogens with one attached hydrogen (secondary N) is 1. The Bertz CT molecular complexity index is 1050. The summed E-state index contributed by atoms with van der Waals surface area (Å²) in [5.41, 5.74) is 8.86. The molecule has 0 saturated heterocycles. The third-order valence-corrected chi connectivity index (χ3v) is 4.67. The highest BCUT2D eigenvalue weighted by Crippen LogP contribution is 2.16. The number of nitrogens with two attached hydrogens (primary N) is 1. The molecule has 0 spiro atoms. The van der Waals surface area contributed by atoms with E-state index in [-0.39, 0.29) is 11.7 Å². The highest BCUT2D eigenvalue weighted by molar-refractivity contribution is 6.06. The van der Waals surface area contributed by atoms with Crippen molar-refractivity contribution in [3.8, 4) is 0 Å². The van der Waals surface area contributed by atoms with E-state index < -0.39 is 11.9 Å². The highest BCUT2D eigenvalue weighted by atomic mass is 16.2. The van der Waals surface area contributed by atoms with Gasteiger partial charge in [-0.25, -0.2) is 0 Å². The first kappa shape index (κ1) is 21.9. The van der Waals surface area contributed by atoms with Crippen LogP contribution in [0.25, 0.3) is 0 Å². The van der Waals surface area contributed by atoms with E-state index in [4.69, 9.17) is 5.73 Å². The second-order valence-corrected chi connectivity index (χ2v) is 7.45. The Balaban J connectivity index is 1.83. The maximum Gasteiger partial charge on any atom is 0.274 e. The number of rotatable bonds is 7. The first-order valence-electron chi connectivity index (χ1n) is 9.97. The molecular weight excluding hydrogens is 388 g/mol. The second-order valence-electron chi connectivity index (χ2n) is 7.45. The van der Waals surface area contributed by atoms with Gasteiger partial charge in [-0.2, -0.15) is 4.99 Å². The normalized spacial score (nSPS) is 12.4. The molecule has 0 fully saturated rings. The van der Waals surface area contributed by atoms with Gasteiger partial charge in [0.1, 0.15) is 11.9 Å². The number of nitrogens with zero attached hydrogens (tertiary/aromatic N) is 2. The lowest BCUT2D eigenvalue weighted by Crippen LogP contribution is -2.34. The van der Waals surface area contributed by atoms with Crippen LogP contribution in [0.15, 0.2) is 89.9 Å². The number of benzene rings is 3. The lowest BCUT2D eigenvalue weighted by Gasteiger charge is -2.17. The van der Waals surface area contributed by atoms with Crippen molar-refractivity contribution in [2.45, 2.75) is 12.6 Å². The quantitative estimate of drug-likeness (QED) is 0.459. The highest BCUT2D eigenvalue weighted by Gasteiger charge is 2.23. The topological polar surface area (TPSA) is 87.8 Å². The van der Waals surface area contributed by atoms with Crippen molar-refractivity contribution in [3.63, 3.8) is 0 Å². The third-order valence-electron chi connectivity index (χ3n) is 4.67. The van der Waals surface area contributed by atoms with Crippen LogP contribution in [0.4, 0.5) is 0 Å². The Hall–Kier alpha value is -3.77. The zero-order valence-corrected chi connectivity index (χ0v) is 17.7. The number of amidine groups is 1. The molecule has 0 bridgehead atoms. The fourth-order valence-electron chi connectivity index (χ4n) is 3.13. The van der Waals surface area contributed by atoms with Gasteiger partial charge in [-0.15, -0.1) is 0 Å². The van der Waals surface area contributed by atoms with Crippen LogP contribution in [0.2, 0.25) is 0 Å². The van der Waals surface area contributed by atoms with Crippen molar-refractivity contribution in [2.75, 3.05) is 14.1 Å². The number of amides is 2. The predicted molar refractivity (Wildman–Crippen MR) is 123 cm³/mol. The molecule has 3 N–H and O–H groups in total. The molecule has 6 nitrogen and oxygen atoms in total. The number of carbonyl (C=O) groups excluding carboxylic acids is 2. The molecule has 158 valence electrons. The maximum absolute atomic E-state index is 13.0. The van der Waals surface area contributed by atoms with E-state index >= 15 is 0 Å². The Morgan fingerprint density at radius 1 is 0.871 bits per heavy atom. The van der Waals surface area contributed by atoms with Crippen molar-refractivity contribution in [2.24, 2.45) is 10.7 Å². The molecule has 0 saturated carbocycles. The summed E-state index contributed by atoms with van der Waals surface area (Å²) in [5.74, 6) is -0.786. The maximum atomic E-state index is 13.0. The van der Waals surface area contributed by atoms with Gasteiger partial charge in [0.05, 0.1) is 0 Å². The Labute approximate surface area is 182 Å². The minimum absolute atomic E-state index is 0.105. The Morgan fingerprint density at radius 2 is 1.45 bits per heavy atom. The van der Waals surface area contributed by atoms with Gasteiger partial charge in [0.25, 0.3) is 11.8 Å². The van der Waals surface area contributed by atoms with E-state index in [9.17, 15) is 9.59 Å². The van der Waals surface area contributed by atoms with Gasteiger partial charge >= 0.3 is 0 Å². The summed E-state index contributed by atoms with van der Waals surface area (Å²) in [5, 5.41) is 2.80. The number of carbonyl (C=O) groups is 2. The standard InChI is InChI=1S/C25H26N4O2/c1-29(2)17-18-13-15-21(16-14-18)24(30)27-22(19-9-5-3-6-10-19)25(31)28-23(26)20-11-7-4-8-12-20/h3-16,22H,17H2,1-2H3,(H,27,30)(H2,26,28,31). The van der Waals surface area contributed by atoms with Crippen molar-refractivity contribution >= 4 is 17.6 Å². The second kappa shape index (κ2) is 10.3. The molecule has 0 aliphatic carbocycles. The van der Waals surface area contributed by atoms with Crippen molar-refractivity contribution in [3.05, 3.63) is 107 Å². The number of hydrogen-bond donors (Lipinski definition) is 2. The van der Waals surface area contributed by atoms with Gasteiger partial charge in [0.2, 0.25) is 0 Å². The SMILES string of the molecule is CN(C)Cc1ccc(C(=O)NC(C(=O)N=C(N)c2ccccc2)c2ccccc2)cc1. The van der Waals surface area contributed by atoms with Crippen molar-refractivity contribution in [1.29, 1.82) is 0 Å². The van der Waals surface area contributed by atoms with Gasteiger partial charge in [0.15, 0.2) is 0 Å². The van der Waals surface area contributed by atoms with E-state index in [1.54, 1.807) is 36.4 Å². The minimum Gasteiger partial charge on any atom is -0.383 e. The van der Waals surface area contributed by atoms with E-state index in [2.05, 4.69) is 10.3 Å². The molecule has 3 aromatic rings. The van der Waals surface area contributed by atoms with Gasteiger partial charge < -0.3 is 16.0 Å². The zero-order valence-electron chi connectivity index (χ0n) is 17.7. The minimum atomic E-state index is -0.947. The van der Waals surface area contributed by atoms with Crippen LogP contribution in [0.1, 0.15) is 33.1 Å². The molecule has 3 rings (SSSR count). The largest absolute Gasteiger partial charge is 0.383 e. The molecule has 1 unspecified atom stereocenters. The van der Waals surface area contributed by atoms with Crippen molar-refractivity contribution in [1.82, 2.24) is 10.2 Å². The lowest BCUT2D eigenvalue weighted by atomic mass is 10.0. The van der Waals surface area contributed by atoms with Gasteiger partial charge in [-0.05, 0) is 37.4 Å². The van der Waals surface area contributed by atoms with Crippen molar-refractivity contribution < 1.29 is 9.59 Å². The van der Waals surface area contributed by atoms with Crippen LogP contribution in [-0.2, 0) is 11.3 Å². The fourth-order valence-corrected chi connectivity index (χ4v) is 3.13. The van der Waals surface area contributed by atoms with Crippen LogP contribution in [-0.4, -0.2) is 36.6 Å². The molecule has 0 aliphatic rings. The Kier molecular flexibility index (Phi) is 7.30. The molecule has 0 radical (unpaired) electrons. The summed E-state index contributed by atoms with van der Waals surface area (Å²) in [6.07, 6.45) is 0. The van der Waals surface area contributed by atoms with Crippen LogP contribution in [0.3, 0.4) is 0 Å². The van der Waals surface area contributed by atoms with Crippen LogP contribution >= 0.6 is 0 Å². The molecule has 3 aromatic carbocycles. The first-order valence-corrected chi connectivity index (χ1v) is 9.97. The summed E-state index contributed by atoms with van der Waals surface area (Å²) >= 11 is 0. The molecule has 0 aromatic heterocycles. The summed E-state index contributed by atoms with van der Waals surface area (Å²) in [6, 6.07) is 24.4. The summed E-state index contributed by atoms with van der Waals surface area (Å²) in [4.78, 5) is 32.0. The molecule has 31 heavy (non-hydrogen) atoms. The molecule has 6 heteroatoms. The zero-order chi connectivity index (χ0) is 22.2. The summed E-state index contributed by atoms with van der Waals surface area (Å²) in [7, 11) is 3.97. The third kappa shape index (κ3) is 6.10. The van der Waals surface area contributed by atoms with Crippen LogP contribution in [0, 0.1) is 0 Å². The Morgan fingerprint density at radius 3 is 2.03 bits per heavy atom. The monoisotopic (exact) mass is 414 g/mol. The molecule has 1 atom stereocenters. The fraction of sp³-hybridized carbons (Fsp3) is 0.160. The van der Waals surface area contributed by atoms with E-state index in [0.717, 1.165) is 12.1 Å². The first-order chi connectivity index (χ1) is 14.9. The molecule has 0 heterocycles. The average Bonchev–Trinajstić information content (AvgIpc) is 2.78. The molecular formula is C25H26N4O2. The number of aliphatic imine (C=N–C) groups is 1. The van der Waals surface area contributed by atoms with Crippen LogP contribution in [0.5, 0.6) is 0 Å². The molecule has 0 aliphatic heterocycles. The lowest BCUT2D eigenvalue weighted by molar-refractivity contribution is -0.119. The average molecular weight is 415 g/mol. The van der Waals surface area contributed by atoms with Gasteiger partial charge in [0, 0.05) is 17.7 Å². The van der Waals surface area contributed by atoms with E-state index in [1.165, 1.54) is 0 Å². The predicted octanol–water partition coefficient (Wildman–Crippen LogP) is 3.15. The smallest absolute Gasteiger partial charge is 0.274 e. The number of hydrogen-bond acceptors (Lipinski definition) is 3. The van der Waals surface area contributed by atoms with Gasteiger partial charge in [-0.3, -0.25) is 9.59 Å².